The summed E-state index contributed by atoms with van der Waals surface area (Å²) in [6.07, 6.45) is 1.70. The number of methoxy groups -OCH3 is 2. The second-order valence-corrected chi connectivity index (χ2v) is 9.98. The Kier molecular flexibility index (Phi) is 6.51. The number of hydrogen-bond donors (Lipinski definition) is 0. The molecule has 0 aliphatic carbocycles. The highest BCUT2D eigenvalue weighted by Gasteiger charge is 2.33. The molecule has 0 saturated carbocycles. The molecule has 3 heterocycles. The van der Waals surface area contributed by atoms with Gasteiger partial charge in [-0.25, -0.2) is 9.79 Å². The van der Waals surface area contributed by atoms with Crippen molar-refractivity contribution in [2.24, 2.45) is 4.99 Å². The first-order chi connectivity index (χ1) is 17.4. The van der Waals surface area contributed by atoms with E-state index in [0.717, 1.165) is 15.6 Å². The summed E-state index contributed by atoms with van der Waals surface area (Å²) in [5.41, 5.74) is 2.22. The van der Waals surface area contributed by atoms with Crippen LogP contribution in [0.5, 0.6) is 5.75 Å². The molecule has 1 aliphatic rings. The number of furan rings is 1. The third-order valence-corrected chi connectivity index (χ3v) is 7.34. The number of halogens is 1. The number of fused-ring (bicyclic) bond motifs is 1. The van der Waals surface area contributed by atoms with Gasteiger partial charge in [-0.15, -0.1) is 0 Å². The summed E-state index contributed by atoms with van der Waals surface area (Å²) in [6, 6.07) is 18.0. The molecule has 0 fully saturated rings. The van der Waals surface area contributed by atoms with Crippen molar-refractivity contribution in [3.8, 4) is 17.1 Å². The number of benzene rings is 2. The van der Waals surface area contributed by atoms with E-state index in [1.807, 2.05) is 48.5 Å². The Balaban J connectivity index is 1.64. The fourth-order valence-corrected chi connectivity index (χ4v) is 5.58. The molecule has 0 saturated heterocycles. The number of esters is 1. The van der Waals surface area contributed by atoms with E-state index < -0.39 is 12.0 Å². The maximum absolute atomic E-state index is 13.6. The normalized spacial score (nSPS) is 15.4. The molecule has 0 amide bonds. The molecule has 0 bridgehead atoms. The van der Waals surface area contributed by atoms with Gasteiger partial charge in [-0.05, 0) is 48.9 Å². The van der Waals surface area contributed by atoms with Crippen molar-refractivity contribution in [1.29, 1.82) is 0 Å². The van der Waals surface area contributed by atoms with Gasteiger partial charge in [-0.2, -0.15) is 0 Å². The molecule has 0 spiro atoms. The van der Waals surface area contributed by atoms with Crippen LogP contribution in [0.3, 0.4) is 0 Å². The topological polar surface area (TPSA) is 83.0 Å². The first-order valence-corrected chi connectivity index (χ1v) is 12.6. The SMILES string of the molecule is COC(=O)C1=C(C)N=c2s/c(=C\c3ccc(-c4cccc(Br)c4)o3)c(=O)n2C1c1ccc(OC)cc1. The van der Waals surface area contributed by atoms with Crippen molar-refractivity contribution >= 4 is 39.3 Å². The summed E-state index contributed by atoms with van der Waals surface area (Å²) in [5, 5.41) is 0. The van der Waals surface area contributed by atoms with Crippen LogP contribution in [0.2, 0.25) is 0 Å². The Labute approximate surface area is 218 Å². The van der Waals surface area contributed by atoms with Crippen LogP contribution >= 0.6 is 27.3 Å². The average Bonchev–Trinajstić information content (AvgIpc) is 3.47. The van der Waals surface area contributed by atoms with Gasteiger partial charge >= 0.3 is 5.97 Å². The highest BCUT2D eigenvalue weighted by Crippen LogP contribution is 2.31. The third-order valence-electron chi connectivity index (χ3n) is 5.87. The molecule has 182 valence electrons. The second-order valence-electron chi connectivity index (χ2n) is 8.06. The lowest BCUT2D eigenvalue weighted by Gasteiger charge is -2.24. The fourth-order valence-electron chi connectivity index (χ4n) is 4.15. The summed E-state index contributed by atoms with van der Waals surface area (Å²) >= 11 is 4.72. The molecule has 1 atom stereocenters. The molecule has 5 rings (SSSR count). The van der Waals surface area contributed by atoms with Crippen molar-refractivity contribution in [2.45, 2.75) is 13.0 Å². The number of aromatic nitrogens is 1. The summed E-state index contributed by atoms with van der Waals surface area (Å²) in [6.45, 7) is 1.75. The van der Waals surface area contributed by atoms with Crippen molar-refractivity contribution < 1.29 is 18.7 Å². The van der Waals surface area contributed by atoms with Gasteiger partial charge in [0.05, 0.1) is 36.1 Å². The molecule has 1 unspecified atom stereocenters. The zero-order chi connectivity index (χ0) is 25.4. The van der Waals surface area contributed by atoms with Crippen molar-refractivity contribution in [3.05, 3.63) is 107 Å². The van der Waals surface area contributed by atoms with Gasteiger partial charge in [-0.3, -0.25) is 9.36 Å². The van der Waals surface area contributed by atoms with Crippen LogP contribution in [0.15, 0.2) is 90.6 Å². The molecule has 2 aromatic carbocycles. The standard InChI is InChI=1S/C27H21BrN2O5S/c1-15-23(26(32)34-3)24(16-7-9-19(33-2)10-8-16)30-25(31)22(36-27(30)29-15)14-20-11-12-21(35-20)17-5-4-6-18(28)13-17/h4-14,24H,1-3H3/b22-14-. The van der Waals surface area contributed by atoms with Gasteiger partial charge in [0.15, 0.2) is 4.80 Å². The molecule has 0 N–H and O–H groups in total. The minimum absolute atomic E-state index is 0.270. The van der Waals surface area contributed by atoms with Crippen LogP contribution in [0.25, 0.3) is 17.4 Å². The van der Waals surface area contributed by atoms with Crippen LogP contribution in [-0.4, -0.2) is 24.8 Å². The Morgan fingerprint density at radius 2 is 1.92 bits per heavy atom. The maximum atomic E-state index is 13.6. The van der Waals surface area contributed by atoms with Gasteiger partial charge in [0, 0.05) is 16.1 Å². The van der Waals surface area contributed by atoms with Crippen LogP contribution < -0.4 is 19.6 Å². The van der Waals surface area contributed by atoms with E-state index >= 15 is 0 Å². The van der Waals surface area contributed by atoms with E-state index in [-0.39, 0.29) is 5.56 Å². The zero-order valence-corrected chi connectivity index (χ0v) is 22.1. The molecule has 2 aromatic heterocycles. The number of hydrogen-bond acceptors (Lipinski definition) is 7. The average molecular weight is 565 g/mol. The van der Waals surface area contributed by atoms with Crippen LogP contribution in [0.1, 0.15) is 24.3 Å². The highest BCUT2D eigenvalue weighted by molar-refractivity contribution is 9.10. The summed E-state index contributed by atoms with van der Waals surface area (Å²) in [5.74, 6) is 1.37. The summed E-state index contributed by atoms with van der Waals surface area (Å²) in [4.78, 5) is 31.5. The predicted molar refractivity (Wildman–Crippen MR) is 141 cm³/mol. The van der Waals surface area contributed by atoms with Crippen LogP contribution in [-0.2, 0) is 9.53 Å². The lowest BCUT2D eigenvalue weighted by Crippen LogP contribution is -2.39. The van der Waals surface area contributed by atoms with Gasteiger partial charge in [0.25, 0.3) is 5.56 Å². The van der Waals surface area contributed by atoms with Crippen molar-refractivity contribution in [3.63, 3.8) is 0 Å². The Hall–Kier alpha value is -3.69. The molecule has 1 aliphatic heterocycles. The van der Waals surface area contributed by atoms with E-state index in [4.69, 9.17) is 13.9 Å². The van der Waals surface area contributed by atoms with E-state index in [9.17, 15) is 9.59 Å². The Bertz CT molecular complexity index is 1680. The van der Waals surface area contributed by atoms with Gasteiger partial charge in [0.1, 0.15) is 17.3 Å². The van der Waals surface area contributed by atoms with E-state index in [2.05, 4.69) is 20.9 Å². The monoisotopic (exact) mass is 564 g/mol. The molecule has 4 aromatic rings. The smallest absolute Gasteiger partial charge is 0.338 e. The Morgan fingerprint density at radius 3 is 2.61 bits per heavy atom. The van der Waals surface area contributed by atoms with Gasteiger partial charge < -0.3 is 13.9 Å². The van der Waals surface area contributed by atoms with Crippen molar-refractivity contribution in [1.82, 2.24) is 4.57 Å². The van der Waals surface area contributed by atoms with Crippen molar-refractivity contribution in [2.75, 3.05) is 14.2 Å². The number of ether oxygens (including phenoxy) is 2. The van der Waals surface area contributed by atoms with E-state index in [1.54, 1.807) is 32.2 Å². The lowest BCUT2D eigenvalue weighted by molar-refractivity contribution is -0.136. The summed E-state index contributed by atoms with van der Waals surface area (Å²) < 4.78 is 19.3. The van der Waals surface area contributed by atoms with Crippen LogP contribution in [0, 0.1) is 0 Å². The van der Waals surface area contributed by atoms with E-state index in [1.165, 1.54) is 23.0 Å². The molecule has 36 heavy (non-hydrogen) atoms. The Morgan fingerprint density at radius 1 is 1.14 bits per heavy atom. The second kappa shape index (κ2) is 9.75. The van der Waals surface area contributed by atoms with Crippen LogP contribution in [0.4, 0.5) is 0 Å². The molecule has 9 heteroatoms. The summed E-state index contributed by atoms with van der Waals surface area (Å²) in [7, 11) is 2.90. The molecule has 7 nitrogen and oxygen atoms in total. The predicted octanol–water partition coefficient (Wildman–Crippen LogP) is 4.44. The maximum Gasteiger partial charge on any atom is 0.338 e. The highest BCUT2D eigenvalue weighted by atomic mass is 79.9. The van der Waals surface area contributed by atoms with Gasteiger partial charge in [0.2, 0.25) is 0 Å². The first kappa shape index (κ1) is 24.0. The molecular weight excluding hydrogens is 544 g/mol. The fraction of sp³-hybridized carbons (Fsp3) is 0.148. The number of thiazole rings is 1. The largest absolute Gasteiger partial charge is 0.497 e. The number of carbonyl (C=O) groups is 1. The molecular formula is C27H21BrN2O5S. The van der Waals surface area contributed by atoms with E-state index in [0.29, 0.717) is 37.9 Å². The first-order valence-electron chi connectivity index (χ1n) is 11.0. The van der Waals surface area contributed by atoms with Gasteiger partial charge in [-0.1, -0.05) is 51.5 Å². The lowest BCUT2D eigenvalue weighted by atomic mass is 9.96. The number of nitrogens with zero attached hydrogens (tertiary/aromatic N) is 2. The zero-order valence-electron chi connectivity index (χ0n) is 19.7. The number of rotatable bonds is 5. The third kappa shape index (κ3) is 4.36. The number of allylic oxidation sites excluding steroid dienone is 1. The quantitative estimate of drug-likeness (QED) is 0.335. The minimum Gasteiger partial charge on any atom is -0.497 e. The minimum atomic E-state index is -0.685. The number of carbonyl (C=O) groups excluding carboxylic acids is 1. The molecule has 0 radical (unpaired) electrons.